The Morgan fingerprint density at radius 1 is 0.667 bits per heavy atom. The van der Waals surface area contributed by atoms with Crippen molar-refractivity contribution in [2.24, 2.45) is 11.5 Å². The molecule has 2 atom stereocenters. The summed E-state index contributed by atoms with van der Waals surface area (Å²) in [7, 11) is 0. The molecule has 0 heterocycles. The van der Waals surface area contributed by atoms with Crippen LogP contribution in [0, 0.1) is 0 Å². The van der Waals surface area contributed by atoms with Crippen LogP contribution in [0.1, 0.15) is 88.2 Å². The Kier molecular flexibility index (Phi) is 11.9. The SMILES string of the molecule is NC(CCCCOC(=O)/C=C\C(=O)OCCCCC(N)C1(c2ccc(Cl)cc2)CCC1)C1(c2ccc(Cl)cc2)CCC1. The number of unbranched alkanes of at least 4 members (excludes halogenated alkanes) is 2. The molecule has 2 fully saturated rings. The van der Waals surface area contributed by atoms with Gasteiger partial charge in [-0.05, 0) is 99.6 Å². The van der Waals surface area contributed by atoms with Gasteiger partial charge in [-0.2, -0.15) is 0 Å². The molecular weight excluding hydrogens is 571 g/mol. The highest BCUT2D eigenvalue weighted by Crippen LogP contribution is 2.48. The summed E-state index contributed by atoms with van der Waals surface area (Å²) >= 11 is 12.1. The van der Waals surface area contributed by atoms with Crippen molar-refractivity contribution < 1.29 is 19.1 Å². The lowest BCUT2D eigenvalue weighted by atomic mass is 9.59. The number of halogens is 2. The van der Waals surface area contributed by atoms with Gasteiger partial charge in [0.15, 0.2) is 0 Å². The molecule has 2 aromatic rings. The second-order valence-electron chi connectivity index (χ2n) is 11.9. The number of esters is 2. The molecule has 2 saturated carbocycles. The van der Waals surface area contributed by atoms with Crippen molar-refractivity contribution in [1.82, 2.24) is 0 Å². The van der Waals surface area contributed by atoms with E-state index in [1.165, 1.54) is 24.0 Å². The molecule has 2 aromatic carbocycles. The van der Waals surface area contributed by atoms with Gasteiger partial charge in [-0.15, -0.1) is 0 Å². The van der Waals surface area contributed by atoms with Crippen LogP contribution in [0.15, 0.2) is 60.7 Å². The summed E-state index contributed by atoms with van der Waals surface area (Å²) in [5, 5.41) is 1.46. The van der Waals surface area contributed by atoms with Crippen molar-refractivity contribution in [2.75, 3.05) is 13.2 Å². The highest BCUT2D eigenvalue weighted by Gasteiger charge is 2.44. The van der Waals surface area contributed by atoms with Crippen molar-refractivity contribution in [2.45, 2.75) is 100.0 Å². The third-order valence-corrected chi connectivity index (χ3v) is 9.92. The first-order valence-electron chi connectivity index (χ1n) is 15.3. The van der Waals surface area contributed by atoms with Crippen LogP contribution < -0.4 is 11.5 Å². The molecule has 4 N–H and O–H groups in total. The first-order valence-corrected chi connectivity index (χ1v) is 16.1. The van der Waals surface area contributed by atoms with E-state index in [0.29, 0.717) is 0 Å². The van der Waals surface area contributed by atoms with E-state index in [1.807, 2.05) is 24.3 Å². The van der Waals surface area contributed by atoms with Gasteiger partial charge in [0.25, 0.3) is 0 Å². The molecule has 0 spiro atoms. The van der Waals surface area contributed by atoms with Crippen LogP contribution in [0.4, 0.5) is 0 Å². The van der Waals surface area contributed by atoms with E-state index in [2.05, 4.69) is 24.3 Å². The summed E-state index contributed by atoms with van der Waals surface area (Å²) in [5.74, 6) is -1.10. The molecular formula is C34H44Cl2N2O4. The minimum atomic E-state index is -0.549. The van der Waals surface area contributed by atoms with E-state index in [9.17, 15) is 9.59 Å². The quantitative estimate of drug-likeness (QED) is 0.118. The summed E-state index contributed by atoms with van der Waals surface area (Å²) in [5.41, 5.74) is 15.8. The van der Waals surface area contributed by atoms with E-state index in [0.717, 1.165) is 86.4 Å². The Morgan fingerprint density at radius 2 is 1.02 bits per heavy atom. The van der Waals surface area contributed by atoms with E-state index in [1.54, 1.807) is 0 Å². The third kappa shape index (κ3) is 8.16. The van der Waals surface area contributed by atoms with Crippen LogP contribution in [0.5, 0.6) is 0 Å². The van der Waals surface area contributed by atoms with Gasteiger partial charge in [0.1, 0.15) is 0 Å². The number of carbonyl (C=O) groups is 2. The van der Waals surface area contributed by atoms with E-state index < -0.39 is 11.9 Å². The lowest BCUT2D eigenvalue weighted by Gasteiger charge is -2.47. The maximum absolute atomic E-state index is 12.0. The zero-order valence-electron chi connectivity index (χ0n) is 24.4. The van der Waals surface area contributed by atoms with Crippen LogP contribution in [0.2, 0.25) is 10.0 Å². The Hall–Kier alpha value is -2.38. The van der Waals surface area contributed by atoms with E-state index >= 15 is 0 Å². The zero-order chi connectivity index (χ0) is 30.0. The number of hydrogen-bond donors (Lipinski definition) is 2. The van der Waals surface area contributed by atoms with Gasteiger partial charge in [-0.3, -0.25) is 0 Å². The number of hydrogen-bond acceptors (Lipinski definition) is 6. The minimum absolute atomic E-state index is 0.0204. The molecule has 0 aliphatic heterocycles. The molecule has 0 radical (unpaired) electrons. The van der Waals surface area contributed by atoms with Gasteiger partial charge in [0, 0.05) is 45.1 Å². The van der Waals surface area contributed by atoms with Gasteiger partial charge in [-0.25, -0.2) is 9.59 Å². The number of ether oxygens (including phenoxy) is 2. The lowest BCUT2D eigenvalue weighted by Crippen LogP contribution is -2.50. The maximum Gasteiger partial charge on any atom is 0.331 e. The minimum Gasteiger partial charge on any atom is -0.463 e. The van der Waals surface area contributed by atoms with Crippen LogP contribution in [0.25, 0.3) is 0 Å². The average Bonchev–Trinajstić information content (AvgIpc) is 2.92. The Balaban J connectivity index is 1.06. The predicted molar refractivity (Wildman–Crippen MR) is 169 cm³/mol. The Morgan fingerprint density at radius 3 is 1.33 bits per heavy atom. The number of nitrogens with two attached hydrogens (primary N) is 2. The first kappa shape index (κ1) is 32.5. The molecule has 8 heteroatoms. The molecule has 2 aliphatic carbocycles. The lowest BCUT2D eigenvalue weighted by molar-refractivity contribution is -0.140. The monoisotopic (exact) mass is 614 g/mol. The highest BCUT2D eigenvalue weighted by atomic mass is 35.5. The molecule has 0 bridgehead atoms. The van der Waals surface area contributed by atoms with E-state index in [4.69, 9.17) is 44.1 Å². The standard InChI is InChI=1S/C34H44Cl2N2O4/c35-27-13-9-25(10-14-27)33(19-5-20-33)29(37)7-1-3-23-41-31(39)17-18-32(40)42-24-4-2-8-30(38)34(21-6-22-34)26-11-15-28(36)16-12-26/h9-18,29-30H,1-8,19-24,37-38H2/b18-17-. The molecule has 228 valence electrons. The van der Waals surface area contributed by atoms with Crippen molar-refractivity contribution in [3.05, 3.63) is 81.9 Å². The molecule has 42 heavy (non-hydrogen) atoms. The van der Waals surface area contributed by atoms with Crippen LogP contribution >= 0.6 is 23.2 Å². The predicted octanol–water partition coefficient (Wildman–Crippen LogP) is 7.17. The Bertz CT molecular complexity index is 1100. The topological polar surface area (TPSA) is 105 Å². The van der Waals surface area contributed by atoms with E-state index in [-0.39, 0.29) is 36.1 Å². The van der Waals surface area contributed by atoms with Crippen molar-refractivity contribution >= 4 is 35.1 Å². The second kappa shape index (κ2) is 15.4. The summed E-state index contributed by atoms with van der Waals surface area (Å²) in [6.45, 7) is 0.577. The Labute approximate surface area is 260 Å². The second-order valence-corrected chi connectivity index (χ2v) is 12.8. The summed E-state index contributed by atoms with van der Waals surface area (Å²) in [6.07, 6.45) is 13.8. The smallest absolute Gasteiger partial charge is 0.331 e. The zero-order valence-corrected chi connectivity index (χ0v) is 25.9. The molecule has 2 aliphatic rings. The van der Waals surface area contributed by atoms with Crippen molar-refractivity contribution in [3.8, 4) is 0 Å². The molecule has 6 nitrogen and oxygen atoms in total. The summed E-state index contributed by atoms with van der Waals surface area (Å²) < 4.78 is 10.5. The fraction of sp³-hybridized carbons (Fsp3) is 0.529. The molecule has 4 rings (SSSR count). The highest BCUT2D eigenvalue weighted by molar-refractivity contribution is 6.30. The van der Waals surface area contributed by atoms with Gasteiger partial charge >= 0.3 is 11.9 Å². The maximum atomic E-state index is 12.0. The fourth-order valence-corrected chi connectivity index (χ4v) is 6.74. The summed E-state index contributed by atoms with van der Waals surface area (Å²) in [4.78, 5) is 24.0. The molecule has 2 unspecified atom stereocenters. The van der Waals surface area contributed by atoms with Crippen molar-refractivity contribution in [3.63, 3.8) is 0 Å². The van der Waals surface area contributed by atoms with Crippen LogP contribution in [-0.4, -0.2) is 37.2 Å². The summed E-state index contributed by atoms with van der Waals surface area (Å²) in [6, 6.07) is 16.2. The average molecular weight is 616 g/mol. The molecule has 0 amide bonds. The molecule has 0 aromatic heterocycles. The third-order valence-electron chi connectivity index (χ3n) is 9.41. The number of carbonyl (C=O) groups excluding carboxylic acids is 2. The van der Waals surface area contributed by atoms with Crippen LogP contribution in [0.3, 0.4) is 0 Å². The van der Waals surface area contributed by atoms with Gasteiger partial charge in [0.05, 0.1) is 13.2 Å². The number of benzene rings is 2. The number of rotatable bonds is 16. The van der Waals surface area contributed by atoms with Gasteiger partial charge in [0.2, 0.25) is 0 Å². The normalized spacial score (nSPS) is 18.5. The fourth-order valence-electron chi connectivity index (χ4n) is 6.49. The van der Waals surface area contributed by atoms with Gasteiger partial charge < -0.3 is 20.9 Å². The largest absolute Gasteiger partial charge is 0.463 e. The van der Waals surface area contributed by atoms with Crippen LogP contribution in [-0.2, 0) is 29.9 Å². The first-order chi connectivity index (χ1) is 20.2. The van der Waals surface area contributed by atoms with Gasteiger partial charge in [-0.1, -0.05) is 60.3 Å². The van der Waals surface area contributed by atoms with Crippen molar-refractivity contribution in [1.29, 1.82) is 0 Å². The molecule has 0 saturated heterocycles.